The SMILES string of the molecule is CCn1c(C#CCNC2C=CC(F)=CC2)cc2c(CNC)cccc21. The summed E-state index contributed by atoms with van der Waals surface area (Å²) in [6.07, 6.45) is 5.63. The molecule has 2 aromatic rings. The molecule has 0 aliphatic heterocycles. The van der Waals surface area contributed by atoms with Crippen molar-refractivity contribution >= 4 is 10.9 Å². The molecule has 1 heterocycles. The summed E-state index contributed by atoms with van der Waals surface area (Å²) in [4.78, 5) is 0. The molecular formula is C21H24FN3. The number of aryl methyl sites for hydroxylation is 1. The van der Waals surface area contributed by atoms with E-state index in [4.69, 9.17) is 0 Å². The predicted octanol–water partition coefficient (Wildman–Crippen LogP) is 3.50. The Balaban J connectivity index is 1.75. The third-order valence-electron chi connectivity index (χ3n) is 4.44. The lowest BCUT2D eigenvalue weighted by molar-refractivity contribution is 0.599. The van der Waals surface area contributed by atoms with Gasteiger partial charge in [0.2, 0.25) is 0 Å². The topological polar surface area (TPSA) is 29.0 Å². The van der Waals surface area contributed by atoms with Gasteiger partial charge in [-0.25, -0.2) is 4.39 Å². The molecule has 2 N–H and O–H groups in total. The molecule has 0 saturated heterocycles. The minimum atomic E-state index is -0.158. The van der Waals surface area contributed by atoms with Crippen LogP contribution in [0, 0.1) is 11.8 Å². The van der Waals surface area contributed by atoms with Gasteiger partial charge < -0.3 is 9.88 Å². The Morgan fingerprint density at radius 1 is 1.36 bits per heavy atom. The van der Waals surface area contributed by atoms with E-state index in [1.54, 1.807) is 6.08 Å². The molecule has 130 valence electrons. The van der Waals surface area contributed by atoms with Gasteiger partial charge in [-0.2, -0.15) is 0 Å². The van der Waals surface area contributed by atoms with E-state index < -0.39 is 0 Å². The Labute approximate surface area is 148 Å². The molecule has 0 saturated carbocycles. The first-order valence-corrected chi connectivity index (χ1v) is 8.74. The van der Waals surface area contributed by atoms with Crippen molar-refractivity contribution in [3.8, 4) is 11.8 Å². The maximum Gasteiger partial charge on any atom is 0.119 e. The van der Waals surface area contributed by atoms with Gasteiger partial charge in [-0.1, -0.05) is 24.1 Å². The van der Waals surface area contributed by atoms with E-state index in [0.717, 1.165) is 18.8 Å². The second-order valence-corrected chi connectivity index (χ2v) is 6.13. The summed E-state index contributed by atoms with van der Waals surface area (Å²) in [5, 5.41) is 7.80. The van der Waals surface area contributed by atoms with Gasteiger partial charge in [0.1, 0.15) is 5.83 Å². The molecule has 0 spiro atoms. The molecule has 1 aromatic heterocycles. The Morgan fingerprint density at radius 3 is 2.96 bits per heavy atom. The highest BCUT2D eigenvalue weighted by Gasteiger charge is 2.09. The number of hydrogen-bond donors (Lipinski definition) is 2. The van der Waals surface area contributed by atoms with E-state index in [-0.39, 0.29) is 11.9 Å². The lowest BCUT2D eigenvalue weighted by Gasteiger charge is -2.13. The van der Waals surface area contributed by atoms with Gasteiger partial charge >= 0.3 is 0 Å². The molecule has 4 heteroatoms. The Morgan fingerprint density at radius 2 is 2.24 bits per heavy atom. The van der Waals surface area contributed by atoms with Gasteiger partial charge in [0.25, 0.3) is 0 Å². The van der Waals surface area contributed by atoms with E-state index in [1.165, 1.54) is 22.5 Å². The minimum Gasteiger partial charge on any atom is -0.334 e. The zero-order chi connectivity index (χ0) is 17.6. The Hall–Kier alpha value is -2.35. The number of hydrogen-bond acceptors (Lipinski definition) is 2. The van der Waals surface area contributed by atoms with Crippen LogP contribution in [0.2, 0.25) is 0 Å². The highest BCUT2D eigenvalue weighted by molar-refractivity contribution is 5.85. The molecule has 1 aromatic carbocycles. The molecule has 3 nitrogen and oxygen atoms in total. The molecule has 1 atom stereocenters. The van der Waals surface area contributed by atoms with Crippen LogP contribution in [0.25, 0.3) is 10.9 Å². The predicted molar refractivity (Wildman–Crippen MR) is 102 cm³/mol. The van der Waals surface area contributed by atoms with Gasteiger partial charge in [0, 0.05) is 30.0 Å². The Kier molecular flexibility index (Phi) is 5.70. The van der Waals surface area contributed by atoms with Crippen molar-refractivity contribution in [2.45, 2.75) is 32.5 Å². The van der Waals surface area contributed by atoms with Gasteiger partial charge in [-0.3, -0.25) is 5.32 Å². The van der Waals surface area contributed by atoms with Gasteiger partial charge in [-0.05, 0) is 56.2 Å². The van der Waals surface area contributed by atoms with Crippen molar-refractivity contribution in [2.75, 3.05) is 13.6 Å². The van der Waals surface area contributed by atoms with Gasteiger partial charge in [-0.15, -0.1) is 0 Å². The molecule has 0 fully saturated rings. The molecule has 1 aliphatic carbocycles. The lowest BCUT2D eigenvalue weighted by Crippen LogP contribution is -2.27. The molecule has 3 rings (SSSR count). The van der Waals surface area contributed by atoms with Gasteiger partial charge in [0.05, 0.1) is 12.2 Å². The molecule has 1 unspecified atom stereocenters. The van der Waals surface area contributed by atoms with Crippen LogP contribution in [-0.4, -0.2) is 24.2 Å². The fraction of sp³-hybridized carbons (Fsp3) is 0.333. The number of aromatic nitrogens is 1. The molecular weight excluding hydrogens is 313 g/mol. The number of fused-ring (bicyclic) bond motifs is 1. The summed E-state index contributed by atoms with van der Waals surface area (Å²) in [6.45, 7) is 4.46. The van der Waals surface area contributed by atoms with Crippen molar-refractivity contribution in [1.82, 2.24) is 15.2 Å². The van der Waals surface area contributed by atoms with Crippen molar-refractivity contribution < 1.29 is 4.39 Å². The average Bonchev–Trinajstić information content (AvgIpc) is 2.99. The van der Waals surface area contributed by atoms with E-state index in [0.29, 0.717) is 13.0 Å². The zero-order valence-electron chi connectivity index (χ0n) is 14.8. The largest absolute Gasteiger partial charge is 0.334 e. The standard InChI is InChI=1S/C21H24FN3/c1-3-25-19(7-5-13-24-18-11-9-17(22)10-12-18)14-20-16(15-23-2)6-4-8-21(20)25/h4,6,8-11,14,18,23-24H,3,12-13,15H2,1-2H3. The number of halogens is 1. The van der Waals surface area contributed by atoms with Crippen LogP contribution in [0.15, 0.2) is 48.3 Å². The Bertz CT molecular complexity index is 864. The first-order valence-electron chi connectivity index (χ1n) is 8.74. The zero-order valence-corrected chi connectivity index (χ0v) is 14.8. The van der Waals surface area contributed by atoms with E-state index in [2.05, 4.69) is 58.2 Å². The molecule has 0 amide bonds. The number of nitrogens with zero attached hydrogens (tertiary/aromatic N) is 1. The van der Waals surface area contributed by atoms with Crippen molar-refractivity contribution in [1.29, 1.82) is 0 Å². The fourth-order valence-corrected chi connectivity index (χ4v) is 3.20. The van der Waals surface area contributed by atoms with Crippen molar-refractivity contribution in [2.24, 2.45) is 0 Å². The maximum absolute atomic E-state index is 13.0. The maximum atomic E-state index is 13.0. The van der Waals surface area contributed by atoms with Gasteiger partial charge in [0.15, 0.2) is 0 Å². The van der Waals surface area contributed by atoms with Crippen LogP contribution >= 0.6 is 0 Å². The second kappa shape index (κ2) is 8.15. The van der Waals surface area contributed by atoms with Crippen molar-refractivity contribution in [3.63, 3.8) is 0 Å². The number of allylic oxidation sites excluding steroid dienone is 2. The van der Waals surface area contributed by atoms with E-state index in [9.17, 15) is 4.39 Å². The normalized spacial score (nSPS) is 16.6. The highest BCUT2D eigenvalue weighted by atomic mass is 19.1. The van der Waals surface area contributed by atoms with Crippen LogP contribution in [0.5, 0.6) is 0 Å². The summed E-state index contributed by atoms with van der Waals surface area (Å²) in [5.41, 5.74) is 3.55. The quantitative estimate of drug-likeness (QED) is 0.818. The highest BCUT2D eigenvalue weighted by Crippen LogP contribution is 2.23. The monoisotopic (exact) mass is 337 g/mol. The van der Waals surface area contributed by atoms with Crippen LogP contribution in [0.4, 0.5) is 4.39 Å². The third-order valence-corrected chi connectivity index (χ3v) is 4.44. The summed E-state index contributed by atoms with van der Waals surface area (Å²) < 4.78 is 15.2. The van der Waals surface area contributed by atoms with Crippen LogP contribution < -0.4 is 10.6 Å². The molecule has 25 heavy (non-hydrogen) atoms. The van der Waals surface area contributed by atoms with E-state index in [1.807, 2.05) is 13.1 Å². The van der Waals surface area contributed by atoms with E-state index >= 15 is 0 Å². The third kappa shape index (κ3) is 4.01. The summed E-state index contributed by atoms with van der Waals surface area (Å²) >= 11 is 0. The minimum absolute atomic E-state index is 0.158. The molecule has 0 radical (unpaired) electrons. The van der Waals surface area contributed by atoms with Crippen LogP contribution in [-0.2, 0) is 13.1 Å². The van der Waals surface area contributed by atoms with Crippen LogP contribution in [0.1, 0.15) is 24.6 Å². The number of rotatable bonds is 5. The second-order valence-electron chi connectivity index (χ2n) is 6.13. The summed E-state index contributed by atoms with van der Waals surface area (Å²) in [7, 11) is 1.96. The van der Waals surface area contributed by atoms with Crippen molar-refractivity contribution in [3.05, 3.63) is 59.6 Å². The molecule has 0 bridgehead atoms. The molecule has 1 aliphatic rings. The number of nitrogens with one attached hydrogen (secondary N) is 2. The first kappa shape index (κ1) is 17.5. The summed E-state index contributed by atoms with van der Waals surface area (Å²) in [5.74, 6) is 6.33. The first-order chi connectivity index (χ1) is 12.2. The smallest absolute Gasteiger partial charge is 0.119 e. The average molecular weight is 337 g/mol. The number of benzene rings is 1. The lowest BCUT2D eigenvalue weighted by atomic mass is 10.1. The fourth-order valence-electron chi connectivity index (χ4n) is 3.20. The van der Waals surface area contributed by atoms with Crippen LogP contribution in [0.3, 0.4) is 0 Å². The summed E-state index contributed by atoms with van der Waals surface area (Å²) in [6, 6.07) is 8.74.